The second-order valence-electron chi connectivity index (χ2n) is 6.38. The van der Waals surface area contributed by atoms with Gasteiger partial charge < -0.3 is 19.1 Å². The van der Waals surface area contributed by atoms with Crippen LogP contribution in [0.3, 0.4) is 0 Å². The summed E-state index contributed by atoms with van der Waals surface area (Å²) in [5.74, 6) is 1.58. The van der Waals surface area contributed by atoms with Gasteiger partial charge in [0.1, 0.15) is 6.10 Å². The molecule has 3 rings (SSSR count). The Morgan fingerprint density at radius 3 is 2.60 bits per heavy atom. The number of carbonyl (C=O) groups is 1. The maximum atomic E-state index is 12.4. The van der Waals surface area contributed by atoms with Gasteiger partial charge in [-0.15, -0.1) is 0 Å². The maximum Gasteiger partial charge on any atom is 0.251 e. The summed E-state index contributed by atoms with van der Waals surface area (Å²) in [6.07, 6.45) is 1.63. The van der Waals surface area contributed by atoms with Gasteiger partial charge in [0.25, 0.3) is 5.91 Å². The molecule has 7 heteroatoms. The fourth-order valence-electron chi connectivity index (χ4n) is 3.40. The second kappa shape index (κ2) is 8.38. The largest absolute Gasteiger partial charge is 0.493 e. The van der Waals surface area contributed by atoms with Crippen molar-refractivity contribution in [1.29, 1.82) is 0 Å². The molecule has 1 aromatic rings. The highest BCUT2D eigenvalue weighted by molar-refractivity contribution is 9.10. The van der Waals surface area contributed by atoms with Gasteiger partial charge in [-0.25, -0.2) is 0 Å². The third-order valence-electron chi connectivity index (χ3n) is 4.85. The first-order valence-electron chi connectivity index (χ1n) is 8.66. The predicted molar refractivity (Wildman–Crippen MR) is 98.1 cm³/mol. The summed E-state index contributed by atoms with van der Waals surface area (Å²) in [6, 6.07) is 3.98. The number of nitrogens with zero attached hydrogens (tertiary/aromatic N) is 2. The molecule has 2 saturated heterocycles. The van der Waals surface area contributed by atoms with Gasteiger partial charge in [0.15, 0.2) is 11.5 Å². The van der Waals surface area contributed by atoms with E-state index in [0.717, 1.165) is 55.6 Å². The summed E-state index contributed by atoms with van der Waals surface area (Å²) in [5, 5.41) is 0. The molecule has 6 nitrogen and oxygen atoms in total. The topological polar surface area (TPSA) is 51.2 Å². The Hall–Kier alpha value is -1.31. The van der Waals surface area contributed by atoms with E-state index < -0.39 is 0 Å². The molecule has 0 bridgehead atoms. The number of rotatable bonds is 5. The van der Waals surface area contributed by atoms with Gasteiger partial charge in [-0.2, -0.15) is 0 Å². The first-order chi connectivity index (χ1) is 12.1. The molecular formula is C18H25BrN2O4. The van der Waals surface area contributed by atoms with E-state index in [-0.39, 0.29) is 12.0 Å². The lowest BCUT2D eigenvalue weighted by Crippen LogP contribution is -2.51. The standard InChI is InChI=1S/C18H25BrN2O4/c1-23-14-6-5-13(16(19)17(14)24-2)12-20-7-9-21(10-8-20)18(22)15-4-3-11-25-15/h5-6,15H,3-4,7-12H2,1-2H3. The van der Waals surface area contributed by atoms with Crippen LogP contribution < -0.4 is 9.47 Å². The highest BCUT2D eigenvalue weighted by atomic mass is 79.9. The van der Waals surface area contributed by atoms with Crippen LogP contribution in [-0.2, 0) is 16.1 Å². The minimum atomic E-state index is -0.216. The number of amides is 1. The summed E-state index contributed by atoms with van der Waals surface area (Å²) in [4.78, 5) is 16.7. The molecule has 2 fully saturated rings. The number of methoxy groups -OCH3 is 2. The predicted octanol–water partition coefficient (Wildman–Crippen LogP) is 2.29. The lowest BCUT2D eigenvalue weighted by Gasteiger charge is -2.36. The molecule has 0 radical (unpaired) electrons. The number of piperazine rings is 1. The average Bonchev–Trinajstić information content (AvgIpc) is 3.18. The molecule has 1 amide bonds. The third-order valence-corrected chi connectivity index (χ3v) is 5.72. The molecule has 0 aliphatic carbocycles. The number of carbonyl (C=O) groups excluding carboxylic acids is 1. The summed E-state index contributed by atoms with van der Waals surface area (Å²) < 4.78 is 17.2. The van der Waals surface area contributed by atoms with Crippen LogP contribution in [0.1, 0.15) is 18.4 Å². The smallest absolute Gasteiger partial charge is 0.251 e. The van der Waals surface area contributed by atoms with E-state index in [2.05, 4.69) is 26.9 Å². The molecule has 0 N–H and O–H groups in total. The fourth-order valence-corrected chi connectivity index (χ4v) is 4.01. The number of ether oxygens (including phenoxy) is 3. The third kappa shape index (κ3) is 4.10. The zero-order valence-corrected chi connectivity index (χ0v) is 16.4. The summed E-state index contributed by atoms with van der Waals surface area (Å²) in [6.45, 7) is 4.75. The Morgan fingerprint density at radius 1 is 1.24 bits per heavy atom. The molecule has 138 valence electrons. The van der Waals surface area contributed by atoms with Crippen molar-refractivity contribution in [2.24, 2.45) is 0 Å². The molecule has 2 aliphatic rings. The summed E-state index contributed by atoms with van der Waals surface area (Å²) >= 11 is 3.63. The number of hydrogen-bond acceptors (Lipinski definition) is 5. The highest BCUT2D eigenvalue weighted by Crippen LogP contribution is 2.38. The van der Waals surface area contributed by atoms with Gasteiger partial charge >= 0.3 is 0 Å². The van der Waals surface area contributed by atoms with Crippen molar-refractivity contribution in [1.82, 2.24) is 9.80 Å². The Morgan fingerprint density at radius 2 is 2.00 bits per heavy atom. The maximum absolute atomic E-state index is 12.4. The van der Waals surface area contributed by atoms with Crippen LogP contribution in [0.5, 0.6) is 11.5 Å². The van der Waals surface area contributed by atoms with E-state index in [9.17, 15) is 4.79 Å². The Balaban J connectivity index is 1.58. The minimum Gasteiger partial charge on any atom is -0.493 e. The molecule has 1 unspecified atom stereocenters. The molecule has 0 saturated carbocycles. The lowest BCUT2D eigenvalue weighted by atomic mass is 10.1. The fraction of sp³-hybridized carbons (Fsp3) is 0.611. The van der Waals surface area contributed by atoms with E-state index >= 15 is 0 Å². The minimum absolute atomic E-state index is 0.157. The van der Waals surface area contributed by atoms with Crippen LogP contribution in [-0.4, -0.2) is 68.8 Å². The van der Waals surface area contributed by atoms with E-state index in [1.165, 1.54) is 0 Å². The normalized spacial score (nSPS) is 21.4. The molecule has 1 atom stereocenters. The van der Waals surface area contributed by atoms with E-state index in [4.69, 9.17) is 14.2 Å². The highest BCUT2D eigenvalue weighted by Gasteiger charge is 2.30. The van der Waals surface area contributed by atoms with E-state index in [1.807, 2.05) is 11.0 Å². The van der Waals surface area contributed by atoms with Crippen LogP contribution in [0.25, 0.3) is 0 Å². The van der Waals surface area contributed by atoms with Gasteiger partial charge in [0.05, 0.1) is 18.7 Å². The van der Waals surface area contributed by atoms with Crippen LogP contribution in [0, 0.1) is 0 Å². The first-order valence-corrected chi connectivity index (χ1v) is 9.45. The van der Waals surface area contributed by atoms with Crippen molar-refractivity contribution in [3.05, 3.63) is 22.2 Å². The number of benzene rings is 1. The van der Waals surface area contributed by atoms with Crippen molar-refractivity contribution < 1.29 is 19.0 Å². The first kappa shape index (κ1) is 18.5. The zero-order chi connectivity index (χ0) is 17.8. The molecule has 1 aromatic carbocycles. The molecule has 2 heterocycles. The van der Waals surface area contributed by atoms with E-state index in [0.29, 0.717) is 18.1 Å². The SMILES string of the molecule is COc1ccc(CN2CCN(C(=O)C3CCCO3)CC2)c(Br)c1OC. The molecule has 0 spiro atoms. The lowest BCUT2D eigenvalue weighted by molar-refractivity contribution is -0.142. The zero-order valence-electron chi connectivity index (χ0n) is 14.8. The van der Waals surface area contributed by atoms with Crippen molar-refractivity contribution in [2.45, 2.75) is 25.5 Å². The molecule has 0 aromatic heterocycles. The van der Waals surface area contributed by atoms with Crippen molar-refractivity contribution >= 4 is 21.8 Å². The molecular weight excluding hydrogens is 388 g/mol. The summed E-state index contributed by atoms with van der Waals surface area (Å²) in [5.41, 5.74) is 1.15. The Kier molecular flexibility index (Phi) is 6.19. The van der Waals surface area contributed by atoms with Crippen molar-refractivity contribution in [3.8, 4) is 11.5 Å². The Bertz CT molecular complexity index is 611. The quantitative estimate of drug-likeness (QED) is 0.742. The summed E-state index contributed by atoms with van der Waals surface area (Å²) in [7, 11) is 3.27. The van der Waals surface area contributed by atoms with Gasteiger partial charge in [-0.3, -0.25) is 9.69 Å². The van der Waals surface area contributed by atoms with Crippen LogP contribution in [0.2, 0.25) is 0 Å². The monoisotopic (exact) mass is 412 g/mol. The second-order valence-corrected chi connectivity index (χ2v) is 7.17. The molecule has 2 aliphatic heterocycles. The number of hydrogen-bond donors (Lipinski definition) is 0. The van der Waals surface area contributed by atoms with Gasteiger partial charge in [-0.1, -0.05) is 6.07 Å². The van der Waals surface area contributed by atoms with Gasteiger partial charge in [0.2, 0.25) is 0 Å². The van der Waals surface area contributed by atoms with Crippen LogP contribution >= 0.6 is 15.9 Å². The number of halogens is 1. The van der Waals surface area contributed by atoms with Crippen molar-refractivity contribution in [3.63, 3.8) is 0 Å². The van der Waals surface area contributed by atoms with Gasteiger partial charge in [-0.05, 0) is 40.4 Å². The van der Waals surface area contributed by atoms with Gasteiger partial charge in [0, 0.05) is 39.3 Å². The van der Waals surface area contributed by atoms with E-state index in [1.54, 1.807) is 14.2 Å². The molecule has 25 heavy (non-hydrogen) atoms. The van der Waals surface area contributed by atoms with Crippen molar-refractivity contribution in [2.75, 3.05) is 47.0 Å². The van der Waals surface area contributed by atoms with Crippen LogP contribution in [0.15, 0.2) is 16.6 Å². The average molecular weight is 413 g/mol. The van der Waals surface area contributed by atoms with Crippen LogP contribution in [0.4, 0.5) is 0 Å². The Labute approximate surface area is 157 Å².